The summed E-state index contributed by atoms with van der Waals surface area (Å²) in [6.07, 6.45) is 2.51. The maximum atomic E-state index is 12.5. The van der Waals surface area contributed by atoms with Crippen molar-refractivity contribution in [2.45, 2.75) is 12.3 Å². The lowest BCUT2D eigenvalue weighted by Crippen LogP contribution is -2.36. The van der Waals surface area contributed by atoms with Gasteiger partial charge in [-0.2, -0.15) is 0 Å². The average molecular weight is 320 g/mol. The lowest BCUT2D eigenvalue weighted by molar-refractivity contribution is -0.131. The first kappa shape index (κ1) is 18.1. The topological polar surface area (TPSA) is 59.2 Å². The third kappa shape index (κ3) is 4.83. The summed E-state index contributed by atoms with van der Waals surface area (Å²) in [7, 11) is 1.82. The van der Waals surface area contributed by atoms with Gasteiger partial charge in [0, 0.05) is 38.4 Å². The summed E-state index contributed by atoms with van der Waals surface area (Å²) < 4.78 is 0. The second-order valence-electron chi connectivity index (χ2n) is 5.03. The quantitative estimate of drug-likeness (QED) is 0.888. The maximum absolute atomic E-state index is 12.5. The molecule has 1 atom stereocenters. The van der Waals surface area contributed by atoms with Gasteiger partial charge in [-0.15, -0.1) is 12.4 Å². The molecule has 0 aliphatic carbocycles. The minimum absolute atomic E-state index is 0. The van der Waals surface area contributed by atoms with E-state index < -0.39 is 0 Å². The predicted molar refractivity (Wildman–Crippen MR) is 91.1 cm³/mol. The molecule has 2 rings (SSSR count). The third-order valence-corrected chi connectivity index (χ3v) is 3.54. The molecule has 1 aromatic carbocycles. The average Bonchev–Trinajstić information content (AvgIpc) is 2.55. The molecule has 0 radical (unpaired) electrons. The monoisotopic (exact) mass is 319 g/mol. The highest BCUT2D eigenvalue weighted by atomic mass is 35.5. The van der Waals surface area contributed by atoms with Crippen molar-refractivity contribution in [3.05, 3.63) is 66.0 Å². The largest absolute Gasteiger partial charge is 0.345 e. The normalized spacial score (nSPS) is 11.4. The standard InChI is InChI=1S/C17H21N3O.ClH/c1-20(12-10-15-9-5-6-11-19-15)17(21)16(13-18)14-7-3-2-4-8-14;/h2-9,11,16H,10,12-13,18H2,1H3;1H. The molecule has 2 N–H and O–H groups in total. The molecule has 0 aliphatic heterocycles. The summed E-state index contributed by atoms with van der Waals surface area (Å²) in [5.74, 6) is -0.223. The summed E-state index contributed by atoms with van der Waals surface area (Å²) in [5.41, 5.74) is 7.75. The van der Waals surface area contributed by atoms with E-state index in [1.54, 1.807) is 11.1 Å². The van der Waals surface area contributed by atoms with Crippen molar-refractivity contribution >= 4 is 18.3 Å². The Bertz CT molecular complexity index is 563. The van der Waals surface area contributed by atoms with Crippen LogP contribution in [-0.2, 0) is 11.2 Å². The van der Waals surface area contributed by atoms with Gasteiger partial charge < -0.3 is 10.6 Å². The summed E-state index contributed by atoms with van der Waals surface area (Å²) in [6.45, 7) is 0.954. The van der Waals surface area contributed by atoms with E-state index in [2.05, 4.69) is 4.98 Å². The third-order valence-electron chi connectivity index (χ3n) is 3.54. The molecule has 0 saturated heterocycles. The minimum Gasteiger partial charge on any atom is -0.345 e. The maximum Gasteiger partial charge on any atom is 0.231 e. The van der Waals surface area contributed by atoms with E-state index >= 15 is 0 Å². The van der Waals surface area contributed by atoms with Crippen LogP contribution < -0.4 is 5.73 Å². The number of halogens is 1. The fraction of sp³-hybridized carbons (Fsp3) is 0.294. The summed E-state index contributed by atoms with van der Waals surface area (Å²) in [6, 6.07) is 15.5. The van der Waals surface area contributed by atoms with Crippen molar-refractivity contribution in [2.75, 3.05) is 20.1 Å². The minimum atomic E-state index is -0.278. The zero-order chi connectivity index (χ0) is 15.1. The van der Waals surface area contributed by atoms with Crippen LogP contribution in [0, 0.1) is 0 Å². The highest BCUT2D eigenvalue weighted by molar-refractivity contribution is 5.85. The number of aromatic nitrogens is 1. The molecule has 0 aliphatic rings. The Morgan fingerprint density at radius 2 is 1.86 bits per heavy atom. The Balaban J connectivity index is 0.00000242. The van der Waals surface area contributed by atoms with E-state index in [9.17, 15) is 4.79 Å². The van der Waals surface area contributed by atoms with Crippen LogP contribution in [0.25, 0.3) is 0 Å². The number of rotatable bonds is 6. The van der Waals surface area contributed by atoms with E-state index in [1.165, 1.54) is 0 Å². The van der Waals surface area contributed by atoms with E-state index in [0.29, 0.717) is 13.1 Å². The molecule has 5 heteroatoms. The van der Waals surface area contributed by atoms with Crippen LogP contribution >= 0.6 is 12.4 Å². The van der Waals surface area contributed by atoms with Gasteiger partial charge in [0.05, 0.1) is 5.92 Å². The Hall–Kier alpha value is -1.91. The van der Waals surface area contributed by atoms with Gasteiger partial charge in [0.25, 0.3) is 0 Å². The summed E-state index contributed by atoms with van der Waals surface area (Å²) in [5, 5.41) is 0. The first-order valence-electron chi connectivity index (χ1n) is 7.12. The molecule has 0 saturated carbocycles. The Morgan fingerprint density at radius 1 is 1.18 bits per heavy atom. The number of carbonyl (C=O) groups is 1. The zero-order valence-electron chi connectivity index (χ0n) is 12.7. The molecule has 0 spiro atoms. The molecule has 4 nitrogen and oxygen atoms in total. The number of pyridine rings is 1. The fourth-order valence-electron chi connectivity index (χ4n) is 2.27. The van der Waals surface area contributed by atoms with Gasteiger partial charge in [0.2, 0.25) is 5.91 Å². The smallest absolute Gasteiger partial charge is 0.231 e. The number of hydrogen-bond acceptors (Lipinski definition) is 3. The number of benzene rings is 1. The molecular formula is C17H22ClN3O. The summed E-state index contributed by atoms with van der Waals surface area (Å²) in [4.78, 5) is 18.5. The zero-order valence-corrected chi connectivity index (χ0v) is 13.5. The molecule has 1 unspecified atom stereocenters. The van der Waals surface area contributed by atoms with Crippen LogP contribution in [0.5, 0.6) is 0 Å². The molecule has 1 heterocycles. The Labute approximate surface area is 137 Å². The van der Waals surface area contributed by atoms with Gasteiger partial charge >= 0.3 is 0 Å². The number of carbonyl (C=O) groups excluding carboxylic acids is 1. The van der Waals surface area contributed by atoms with Crippen molar-refractivity contribution in [1.82, 2.24) is 9.88 Å². The Morgan fingerprint density at radius 3 is 2.45 bits per heavy atom. The first-order valence-corrected chi connectivity index (χ1v) is 7.12. The fourth-order valence-corrected chi connectivity index (χ4v) is 2.27. The molecular weight excluding hydrogens is 298 g/mol. The molecule has 22 heavy (non-hydrogen) atoms. The van der Waals surface area contributed by atoms with Crippen LogP contribution in [-0.4, -0.2) is 35.9 Å². The van der Waals surface area contributed by atoms with E-state index in [-0.39, 0.29) is 24.2 Å². The molecule has 1 aromatic heterocycles. The SMILES string of the molecule is CN(CCc1ccccn1)C(=O)C(CN)c1ccccc1.Cl. The first-order chi connectivity index (χ1) is 10.2. The second kappa shape index (κ2) is 9.18. The van der Waals surface area contributed by atoms with Crippen molar-refractivity contribution in [3.63, 3.8) is 0 Å². The van der Waals surface area contributed by atoms with Gasteiger partial charge in [-0.05, 0) is 17.7 Å². The van der Waals surface area contributed by atoms with Gasteiger partial charge in [0.1, 0.15) is 0 Å². The lowest BCUT2D eigenvalue weighted by Gasteiger charge is -2.23. The van der Waals surface area contributed by atoms with Gasteiger partial charge in [-0.25, -0.2) is 0 Å². The van der Waals surface area contributed by atoms with Crippen molar-refractivity contribution in [1.29, 1.82) is 0 Å². The number of likely N-dealkylation sites (N-methyl/N-ethyl adjacent to an activating group) is 1. The Kier molecular flexibility index (Phi) is 7.57. The van der Waals surface area contributed by atoms with E-state index in [1.807, 2.05) is 55.6 Å². The van der Waals surface area contributed by atoms with Crippen LogP contribution in [0.4, 0.5) is 0 Å². The van der Waals surface area contributed by atoms with Crippen molar-refractivity contribution in [3.8, 4) is 0 Å². The number of amides is 1. The van der Waals surface area contributed by atoms with Crippen molar-refractivity contribution in [2.24, 2.45) is 5.73 Å². The number of nitrogens with two attached hydrogens (primary N) is 1. The van der Waals surface area contributed by atoms with Crippen LogP contribution in [0.3, 0.4) is 0 Å². The van der Waals surface area contributed by atoms with Crippen LogP contribution in [0.1, 0.15) is 17.2 Å². The highest BCUT2D eigenvalue weighted by Crippen LogP contribution is 2.16. The lowest BCUT2D eigenvalue weighted by atomic mass is 9.98. The van der Waals surface area contributed by atoms with E-state index in [4.69, 9.17) is 5.73 Å². The highest BCUT2D eigenvalue weighted by Gasteiger charge is 2.22. The molecule has 0 bridgehead atoms. The van der Waals surface area contributed by atoms with Gasteiger partial charge in [-0.3, -0.25) is 9.78 Å². The van der Waals surface area contributed by atoms with Crippen LogP contribution in [0.15, 0.2) is 54.7 Å². The second-order valence-corrected chi connectivity index (χ2v) is 5.03. The van der Waals surface area contributed by atoms with Gasteiger partial charge in [-0.1, -0.05) is 36.4 Å². The summed E-state index contributed by atoms with van der Waals surface area (Å²) >= 11 is 0. The molecule has 1 amide bonds. The predicted octanol–water partition coefficient (Wildman–Crippen LogP) is 2.25. The van der Waals surface area contributed by atoms with Crippen molar-refractivity contribution < 1.29 is 4.79 Å². The van der Waals surface area contributed by atoms with E-state index in [0.717, 1.165) is 17.7 Å². The van der Waals surface area contributed by atoms with Crippen LogP contribution in [0.2, 0.25) is 0 Å². The molecule has 118 valence electrons. The molecule has 0 fully saturated rings. The van der Waals surface area contributed by atoms with Gasteiger partial charge in [0.15, 0.2) is 0 Å². The molecule has 2 aromatic rings. The number of hydrogen-bond donors (Lipinski definition) is 1. The number of nitrogens with zero attached hydrogens (tertiary/aromatic N) is 2.